The van der Waals surface area contributed by atoms with Gasteiger partial charge in [-0.3, -0.25) is 4.79 Å². The standard InChI is InChI=1S/C14H9F2NO4/c15-8-2-3-9(10(16)6-8)13(19)17-11-4-1-7(14(20)21)5-12(11)18/h1-6,18H,(H,17,19)(H,20,21). The first kappa shape index (κ1) is 14.4. The van der Waals surface area contributed by atoms with Crippen molar-refractivity contribution in [3.8, 4) is 5.75 Å². The number of phenolic OH excluding ortho intramolecular Hbond substituents is 1. The first-order valence-electron chi connectivity index (χ1n) is 5.71. The molecule has 2 aromatic carbocycles. The van der Waals surface area contributed by atoms with Crippen LogP contribution in [0.25, 0.3) is 0 Å². The molecule has 0 bridgehead atoms. The number of phenols is 1. The van der Waals surface area contributed by atoms with Crippen molar-refractivity contribution in [2.45, 2.75) is 0 Å². The SMILES string of the molecule is O=C(O)c1ccc(NC(=O)c2ccc(F)cc2F)c(O)c1. The van der Waals surface area contributed by atoms with E-state index in [-0.39, 0.29) is 11.3 Å². The highest BCUT2D eigenvalue weighted by atomic mass is 19.1. The average Bonchev–Trinajstić information content (AvgIpc) is 2.40. The molecule has 2 aromatic rings. The zero-order valence-electron chi connectivity index (χ0n) is 10.4. The summed E-state index contributed by atoms with van der Waals surface area (Å²) in [6, 6.07) is 5.71. The molecular weight excluding hydrogens is 284 g/mol. The van der Waals surface area contributed by atoms with Gasteiger partial charge in [0, 0.05) is 6.07 Å². The summed E-state index contributed by atoms with van der Waals surface area (Å²) in [7, 11) is 0. The molecule has 108 valence electrons. The Bertz CT molecular complexity index is 731. The van der Waals surface area contributed by atoms with Crippen molar-refractivity contribution in [2.75, 3.05) is 5.32 Å². The number of carboxylic acids is 1. The number of carbonyl (C=O) groups is 2. The Hall–Kier alpha value is -2.96. The van der Waals surface area contributed by atoms with E-state index < -0.39 is 34.8 Å². The molecule has 0 saturated heterocycles. The van der Waals surface area contributed by atoms with E-state index in [0.717, 1.165) is 24.3 Å². The van der Waals surface area contributed by atoms with Gasteiger partial charge in [-0.15, -0.1) is 0 Å². The molecule has 3 N–H and O–H groups in total. The molecule has 0 aromatic heterocycles. The Kier molecular flexibility index (Phi) is 3.84. The number of carboxylic acid groups (broad SMARTS) is 1. The minimum absolute atomic E-state index is 0.0891. The molecule has 0 unspecified atom stereocenters. The van der Waals surface area contributed by atoms with E-state index in [4.69, 9.17) is 5.11 Å². The molecule has 2 rings (SSSR count). The lowest BCUT2D eigenvalue weighted by atomic mass is 10.1. The van der Waals surface area contributed by atoms with Crippen molar-refractivity contribution in [2.24, 2.45) is 0 Å². The molecule has 5 nitrogen and oxygen atoms in total. The van der Waals surface area contributed by atoms with Gasteiger partial charge in [0.1, 0.15) is 17.4 Å². The van der Waals surface area contributed by atoms with Crippen molar-refractivity contribution in [1.82, 2.24) is 0 Å². The molecule has 7 heteroatoms. The number of anilines is 1. The van der Waals surface area contributed by atoms with Gasteiger partial charge >= 0.3 is 5.97 Å². The topological polar surface area (TPSA) is 86.6 Å². The molecule has 1 amide bonds. The smallest absolute Gasteiger partial charge is 0.335 e. The Morgan fingerprint density at radius 1 is 1.05 bits per heavy atom. The fourth-order valence-electron chi connectivity index (χ4n) is 1.63. The summed E-state index contributed by atoms with van der Waals surface area (Å²) in [5, 5.41) is 20.6. The van der Waals surface area contributed by atoms with Gasteiger partial charge in [0.15, 0.2) is 0 Å². The van der Waals surface area contributed by atoms with Gasteiger partial charge in [0.2, 0.25) is 0 Å². The second kappa shape index (κ2) is 5.58. The zero-order chi connectivity index (χ0) is 15.6. The van der Waals surface area contributed by atoms with Gasteiger partial charge in [-0.2, -0.15) is 0 Å². The molecule has 0 aliphatic carbocycles. The van der Waals surface area contributed by atoms with Crippen LogP contribution in [0, 0.1) is 11.6 Å². The lowest BCUT2D eigenvalue weighted by Gasteiger charge is -2.08. The maximum atomic E-state index is 13.4. The highest BCUT2D eigenvalue weighted by Crippen LogP contribution is 2.25. The van der Waals surface area contributed by atoms with Crippen molar-refractivity contribution >= 4 is 17.6 Å². The number of halogens is 2. The minimum Gasteiger partial charge on any atom is -0.506 e. The van der Waals surface area contributed by atoms with E-state index >= 15 is 0 Å². The normalized spacial score (nSPS) is 10.2. The lowest BCUT2D eigenvalue weighted by Crippen LogP contribution is -2.14. The number of amides is 1. The fraction of sp³-hybridized carbons (Fsp3) is 0. The maximum Gasteiger partial charge on any atom is 0.335 e. The second-order valence-corrected chi connectivity index (χ2v) is 4.12. The van der Waals surface area contributed by atoms with E-state index in [0.29, 0.717) is 6.07 Å². The Balaban J connectivity index is 2.25. The number of carbonyl (C=O) groups excluding carboxylic acids is 1. The summed E-state index contributed by atoms with van der Waals surface area (Å²) >= 11 is 0. The summed E-state index contributed by atoms with van der Waals surface area (Å²) in [6.07, 6.45) is 0. The number of aromatic carboxylic acids is 1. The van der Waals surface area contributed by atoms with Gasteiger partial charge in [0.25, 0.3) is 5.91 Å². The van der Waals surface area contributed by atoms with Crippen LogP contribution in [0.2, 0.25) is 0 Å². The number of hydrogen-bond acceptors (Lipinski definition) is 3. The third kappa shape index (κ3) is 3.14. The molecule has 0 aliphatic heterocycles. The molecular formula is C14H9F2NO4. The van der Waals surface area contributed by atoms with Crippen LogP contribution in [0.4, 0.5) is 14.5 Å². The van der Waals surface area contributed by atoms with Crippen LogP contribution in [0.3, 0.4) is 0 Å². The fourth-order valence-corrected chi connectivity index (χ4v) is 1.63. The third-order valence-electron chi connectivity index (χ3n) is 2.67. The summed E-state index contributed by atoms with van der Waals surface area (Å²) in [5.41, 5.74) is -0.662. The van der Waals surface area contributed by atoms with Gasteiger partial charge in [0.05, 0.1) is 16.8 Å². The Labute approximate surface area is 117 Å². The predicted molar refractivity (Wildman–Crippen MR) is 69.4 cm³/mol. The number of benzene rings is 2. The summed E-state index contributed by atoms with van der Waals surface area (Å²) in [4.78, 5) is 22.5. The summed E-state index contributed by atoms with van der Waals surface area (Å²) in [6.45, 7) is 0. The summed E-state index contributed by atoms with van der Waals surface area (Å²) < 4.78 is 26.2. The van der Waals surface area contributed by atoms with E-state index in [1.807, 2.05) is 0 Å². The molecule has 0 aliphatic rings. The van der Waals surface area contributed by atoms with Crippen molar-refractivity contribution in [1.29, 1.82) is 0 Å². The number of aromatic hydroxyl groups is 1. The van der Waals surface area contributed by atoms with Gasteiger partial charge in [-0.25, -0.2) is 13.6 Å². The van der Waals surface area contributed by atoms with Crippen LogP contribution in [0.15, 0.2) is 36.4 Å². The van der Waals surface area contributed by atoms with E-state index in [1.54, 1.807) is 0 Å². The Morgan fingerprint density at radius 2 is 1.76 bits per heavy atom. The van der Waals surface area contributed by atoms with Crippen LogP contribution in [-0.2, 0) is 0 Å². The lowest BCUT2D eigenvalue weighted by molar-refractivity contribution is 0.0696. The number of hydrogen-bond donors (Lipinski definition) is 3. The molecule has 0 saturated carbocycles. The summed E-state index contributed by atoms with van der Waals surface area (Å²) in [5.74, 6) is -4.49. The van der Waals surface area contributed by atoms with Crippen LogP contribution < -0.4 is 5.32 Å². The van der Waals surface area contributed by atoms with E-state index in [9.17, 15) is 23.5 Å². The molecule has 21 heavy (non-hydrogen) atoms. The quantitative estimate of drug-likeness (QED) is 0.759. The highest BCUT2D eigenvalue weighted by molar-refractivity contribution is 6.05. The van der Waals surface area contributed by atoms with Crippen molar-refractivity contribution < 1.29 is 28.6 Å². The van der Waals surface area contributed by atoms with Crippen molar-refractivity contribution in [3.63, 3.8) is 0 Å². The number of rotatable bonds is 3. The van der Waals surface area contributed by atoms with Gasteiger partial charge in [-0.05, 0) is 30.3 Å². The maximum absolute atomic E-state index is 13.4. The van der Waals surface area contributed by atoms with E-state index in [1.165, 1.54) is 6.07 Å². The van der Waals surface area contributed by atoms with Crippen LogP contribution >= 0.6 is 0 Å². The molecule has 0 atom stereocenters. The zero-order valence-corrected chi connectivity index (χ0v) is 10.4. The van der Waals surface area contributed by atoms with Gasteiger partial charge in [-0.1, -0.05) is 0 Å². The monoisotopic (exact) mass is 293 g/mol. The first-order valence-corrected chi connectivity index (χ1v) is 5.71. The van der Waals surface area contributed by atoms with Crippen LogP contribution in [-0.4, -0.2) is 22.1 Å². The van der Waals surface area contributed by atoms with Crippen LogP contribution in [0.1, 0.15) is 20.7 Å². The molecule has 0 fully saturated rings. The predicted octanol–water partition coefficient (Wildman–Crippen LogP) is 2.62. The third-order valence-corrected chi connectivity index (χ3v) is 2.67. The largest absolute Gasteiger partial charge is 0.506 e. The van der Waals surface area contributed by atoms with Crippen molar-refractivity contribution in [3.05, 3.63) is 59.2 Å². The average molecular weight is 293 g/mol. The highest BCUT2D eigenvalue weighted by Gasteiger charge is 2.15. The molecule has 0 radical (unpaired) electrons. The number of nitrogens with one attached hydrogen (secondary N) is 1. The van der Waals surface area contributed by atoms with Gasteiger partial charge < -0.3 is 15.5 Å². The Morgan fingerprint density at radius 3 is 2.33 bits per heavy atom. The second-order valence-electron chi connectivity index (χ2n) is 4.12. The molecule has 0 spiro atoms. The minimum atomic E-state index is -1.24. The van der Waals surface area contributed by atoms with E-state index in [2.05, 4.69) is 5.32 Å². The van der Waals surface area contributed by atoms with Crippen LogP contribution in [0.5, 0.6) is 5.75 Å². The molecule has 0 heterocycles. The first-order chi connectivity index (χ1) is 9.88.